The first-order chi connectivity index (χ1) is 8.44. The summed E-state index contributed by atoms with van der Waals surface area (Å²) < 4.78 is 26.8. The minimum atomic E-state index is -3.92. The molecule has 98 valence electrons. The SMILES string of the molecule is C=CCS(=O)(=O)OC(=O)C(Cl)Cc1ccccc1. The van der Waals surface area contributed by atoms with Gasteiger partial charge in [-0.3, -0.25) is 0 Å². The van der Waals surface area contributed by atoms with Crippen LogP contribution in [0.25, 0.3) is 0 Å². The summed E-state index contributed by atoms with van der Waals surface area (Å²) in [7, 11) is -3.92. The Morgan fingerprint density at radius 2 is 2.00 bits per heavy atom. The molecule has 1 aromatic carbocycles. The Morgan fingerprint density at radius 1 is 1.39 bits per heavy atom. The summed E-state index contributed by atoms with van der Waals surface area (Å²) in [6.45, 7) is 3.26. The Hall–Kier alpha value is -1.33. The maximum absolute atomic E-state index is 11.5. The highest BCUT2D eigenvalue weighted by Gasteiger charge is 2.23. The van der Waals surface area contributed by atoms with Crippen molar-refractivity contribution < 1.29 is 17.4 Å². The summed E-state index contributed by atoms with van der Waals surface area (Å²) in [6.07, 6.45) is 1.36. The topological polar surface area (TPSA) is 60.4 Å². The lowest BCUT2D eigenvalue weighted by molar-refractivity contribution is -0.133. The largest absolute Gasteiger partial charge is 0.344 e. The number of halogens is 1. The zero-order chi connectivity index (χ0) is 13.6. The van der Waals surface area contributed by atoms with E-state index in [1.165, 1.54) is 0 Å². The molecule has 18 heavy (non-hydrogen) atoms. The van der Waals surface area contributed by atoms with Gasteiger partial charge >= 0.3 is 16.1 Å². The summed E-state index contributed by atoms with van der Waals surface area (Å²) in [5, 5.41) is -1.04. The predicted molar refractivity (Wildman–Crippen MR) is 69.9 cm³/mol. The Bertz CT molecular complexity index is 510. The van der Waals surface area contributed by atoms with E-state index in [9.17, 15) is 13.2 Å². The van der Waals surface area contributed by atoms with Crippen LogP contribution in [0.4, 0.5) is 0 Å². The highest BCUT2D eigenvalue weighted by molar-refractivity contribution is 7.87. The van der Waals surface area contributed by atoms with E-state index in [1.807, 2.05) is 6.07 Å². The van der Waals surface area contributed by atoms with Gasteiger partial charge in [-0.05, 0) is 12.0 Å². The van der Waals surface area contributed by atoms with Crippen molar-refractivity contribution in [1.29, 1.82) is 0 Å². The minimum Gasteiger partial charge on any atom is -0.344 e. The number of benzene rings is 1. The zero-order valence-corrected chi connectivity index (χ0v) is 11.2. The monoisotopic (exact) mass is 288 g/mol. The average Bonchev–Trinajstić information content (AvgIpc) is 2.29. The molecule has 4 nitrogen and oxygen atoms in total. The van der Waals surface area contributed by atoms with Crippen LogP contribution in [0.1, 0.15) is 5.56 Å². The normalized spacial score (nSPS) is 12.7. The molecule has 1 rings (SSSR count). The molecule has 0 bridgehead atoms. The number of hydrogen-bond acceptors (Lipinski definition) is 4. The van der Waals surface area contributed by atoms with Crippen molar-refractivity contribution in [2.75, 3.05) is 5.75 Å². The molecule has 0 aliphatic carbocycles. The van der Waals surface area contributed by atoms with Gasteiger partial charge < -0.3 is 4.18 Å². The van der Waals surface area contributed by atoms with Crippen LogP contribution in [0.5, 0.6) is 0 Å². The highest BCUT2D eigenvalue weighted by atomic mass is 35.5. The van der Waals surface area contributed by atoms with Gasteiger partial charge in [0.25, 0.3) is 0 Å². The molecular formula is C12H13ClO4S. The molecule has 0 saturated heterocycles. The summed E-state index contributed by atoms with van der Waals surface area (Å²) in [6, 6.07) is 9.03. The summed E-state index contributed by atoms with van der Waals surface area (Å²) in [5.41, 5.74) is 0.829. The number of rotatable bonds is 6. The van der Waals surface area contributed by atoms with Crippen LogP contribution in [0, 0.1) is 0 Å². The average molecular weight is 289 g/mol. The maximum atomic E-state index is 11.5. The van der Waals surface area contributed by atoms with Crippen molar-refractivity contribution in [1.82, 2.24) is 0 Å². The van der Waals surface area contributed by atoms with E-state index in [-0.39, 0.29) is 6.42 Å². The second-order valence-corrected chi connectivity index (χ2v) is 5.71. The minimum absolute atomic E-state index is 0.213. The second kappa shape index (κ2) is 6.56. The fourth-order valence-electron chi connectivity index (χ4n) is 1.26. The standard InChI is InChI=1S/C12H13ClO4S/c1-2-8-18(15,16)17-12(14)11(13)9-10-6-4-3-5-7-10/h2-7,11H,1,8-9H2. The molecule has 0 spiro atoms. The second-order valence-electron chi connectivity index (χ2n) is 3.57. The number of carbonyl (C=O) groups is 1. The molecule has 1 atom stereocenters. The lowest BCUT2D eigenvalue weighted by Gasteiger charge is -2.09. The van der Waals surface area contributed by atoms with E-state index in [0.717, 1.165) is 11.6 Å². The molecule has 0 saturated carbocycles. The maximum Gasteiger partial charge on any atom is 0.340 e. The summed E-state index contributed by atoms with van der Waals surface area (Å²) in [5.74, 6) is -1.39. The van der Waals surface area contributed by atoms with Gasteiger partial charge in [0.05, 0.1) is 0 Å². The van der Waals surface area contributed by atoms with Crippen molar-refractivity contribution in [3.8, 4) is 0 Å². The lowest BCUT2D eigenvalue weighted by Crippen LogP contribution is -2.24. The molecule has 1 unspecified atom stereocenters. The van der Waals surface area contributed by atoms with E-state index in [1.54, 1.807) is 24.3 Å². The van der Waals surface area contributed by atoms with Crippen LogP contribution >= 0.6 is 11.6 Å². The summed E-state index contributed by atoms with van der Waals surface area (Å²) in [4.78, 5) is 11.5. The van der Waals surface area contributed by atoms with Crippen molar-refractivity contribution in [3.05, 3.63) is 48.6 Å². The molecule has 0 aliphatic rings. The molecule has 0 N–H and O–H groups in total. The third-order valence-electron chi connectivity index (χ3n) is 2.04. The van der Waals surface area contributed by atoms with Crippen LogP contribution in [-0.2, 0) is 25.5 Å². The zero-order valence-electron chi connectivity index (χ0n) is 9.58. The Labute approximate surface area is 111 Å². The van der Waals surface area contributed by atoms with Gasteiger partial charge in [-0.15, -0.1) is 18.2 Å². The molecule has 1 aromatic rings. The molecule has 0 fully saturated rings. The van der Waals surface area contributed by atoms with E-state index in [4.69, 9.17) is 11.6 Å². The van der Waals surface area contributed by atoms with Crippen LogP contribution in [-0.4, -0.2) is 25.5 Å². The smallest absolute Gasteiger partial charge is 0.340 e. The van der Waals surface area contributed by atoms with Crippen molar-refractivity contribution >= 4 is 27.7 Å². The van der Waals surface area contributed by atoms with Gasteiger partial charge in [-0.25, -0.2) is 4.79 Å². The van der Waals surface area contributed by atoms with Crippen LogP contribution < -0.4 is 0 Å². The molecule has 6 heteroatoms. The van der Waals surface area contributed by atoms with E-state index in [2.05, 4.69) is 10.8 Å². The van der Waals surface area contributed by atoms with Gasteiger partial charge in [0, 0.05) is 0 Å². The number of hydrogen-bond donors (Lipinski definition) is 0. The molecule has 0 aliphatic heterocycles. The molecule has 0 aromatic heterocycles. The predicted octanol–water partition coefficient (Wildman–Crippen LogP) is 1.90. The van der Waals surface area contributed by atoms with Crippen LogP contribution in [0.2, 0.25) is 0 Å². The van der Waals surface area contributed by atoms with Gasteiger partial charge in [-0.2, -0.15) is 8.42 Å². The summed E-state index contributed by atoms with van der Waals surface area (Å²) >= 11 is 5.81. The van der Waals surface area contributed by atoms with Crippen molar-refractivity contribution in [2.45, 2.75) is 11.8 Å². The molecular weight excluding hydrogens is 276 g/mol. The Morgan fingerprint density at radius 3 is 2.56 bits per heavy atom. The Kier molecular flexibility index (Phi) is 5.37. The van der Waals surface area contributed by atoms with Gasteiger partial charge in [-0.1, -0.05) is 36.4 Å². The van der Waals surface area contributed by atoms with Gasteiger partial charge in [0.15, 0.2) is 0 Å². The van der Waals surface area contributed by atoms with Gasteiger partial charge in [0.2, 0.25) is 0 Å². The molecule has 0 heterocycles. The first-order valence-corrected chi connectivity index (χ1v) is 7.21. The highest BCUT2D eigenvalue weighted by Crippen LogP contribution is 2.11. The van der Waals surface area contributed by atoms with Gasteiger partial charge in [0.1, 0.15) is 11.1 Å². The van der Waals surface area contributed by atoms with Crippen molar-refractivity contribution in [3.63, 3.8) is 0 Å². The first-order valence-electron chi connectivity index (χ1n) is 5.19. The lowest BCUT2D eigenvalue weighted by atomic mass is 10.1. The fraction of sp³-hybridized carbons (Fsp3) is 0.250. The fourth-order valence-corrected chi connectivity index (χ4v) is 2.26. The quantitative estimate of drug-likeness (QED) is 0.456. The van der Waals surface area contributed by atoms with Crippen molar-refractivity contribution in [2.24, 2.45) is 0 Å². The van der Waals surface area contributed by atoms with E-state index in [0.29, 0.717) is 0 Å². The first kappa shape index (κ1) is 14.7. The third-order valence-corrected chi connectivity index (χ3v) is 3.44. The molecule has 0 amide bonds. The number of carbonyl (C=O) groups excluding carboxylic acids is 1. The number of alkyl halides is 1. The third kappa shape index (κ3) is 4.89. The van der Waals surface area contributed by atoms with E-state index >= 15 is 0 Å². The molecule has 0 radical (unpaired) electrons. The Balaban J connectivity index is 2.60. The van der Waals surface area contributed by atoms with Crippen LogP contribution in [0.3, 0.4) is 0 Å². The van der Waals surface area contributed by atoms with Crippen LogP contribution in [0.15, 0.2) is 43.0 Å². The van der Waals surface area contributed by atoms with E-state index < -0.39 is 27.2 Å².